The molecule has 2 atom stereocenters. The van der Waals surface area contributed by atoms with Crippen LogP contribution in [0.5, 0.6) is 11.5 Å². The van der Waals surface area contributed by atoms with E-state index >= 15 is 0 Å². The van der Waals surface area contributed by atoms with Gasteiger partial charge in [-0.1, -0.05) is 27.4 Å². The lowest BCUT2D eigenvalue weighted by molar-refractivity contribution is -0.104. The number of hydrogen-bond donors (Lipinski definition) is 0. The van der Waals surface area contributed by atoms with Crippen LogP contribution in [0.1, 0.15) is 49.5 Å². The smallest absolute Gasteiger partial charge is 0.254 e. The molecule has 25 heavy (non-hydrogen) atoms. The molecule has 6 heteroatoms. The van der Waals surface area contributed by atoms with Crippen LogP contribution in [0.3, 0.4) is 0 Å². The predicted molar refractivity (Wildman–Crippen MR) is 105 cm³/mol. The molecule has 0 N–H and O–H groups in total. The molecule has 0 spiro atoms. The Bertz CT molecular complexity index is 608. The Hall–Kier alpha value is -1.82. The number of methoxy groups -OCH3 is 1. The van der Waals surface area contributed by atoms with Crippen molar-refractivity contribution >= 4 is 28.1 Å². The van der Waals surface area contributed by atoms with E-state index in [1.54, 1.807) is 32.2 Å². The molecular formula is C19H28BrNO4. The molecule has 0 saturated heterocycles. The van der Waals surface area contributed by atoms with E-state index in [0.29, 0.717) is 23.3 Å². The number of benzene rings is 1. The molecule has 0 aliphatic carbocycles. The van der Waals surface area contributed by atoms with Gasteiger partial charge in [-0.25, -0.2) is 0 Å². The number of halogens is 1. The van der Waals surface area contributed by atoms with Gasteiger partial charge in [-0.05, 0) is 35.0 Å². The Kier molecular flexibility index (Phi) is 10.1. The van der Waals surface area contributed by atoms with Crippen molar-refractivity contribution in [2.24, 2.45) is 0 Å². The summed E-state index contributed by atoms with van der Waals surface area (Å²) in [5.74, 6) is 1.47. The summed E-state index contributed by atoms with van der Waals surface area (Å²) < 4.78 is 11.9. The lowest BCUT2D eigenvalue weighted by Gasteiger charge is -2.17. The fourth-order valence-corrected chi connectivity index (χ4v) is 2.89. The quantitative estimate of drug-likeness (QED) is 0.542. The van der Waals surface area contributed by atoms with Gasteiger partial charge in [-0.2, -0.15) is 0 Å². The molecule has 1 aliphatic rings. The largest absolute Gasteiger partial charge is 0.493 e. The molecule has 0 fully saturated rings. The van der Waals surface area contributed by atoms with Crippen LogP contribution in [0.4, 0.5) is 0 Å². The van der Waals surface area contributed by atoms with Crippen molar-refractivity contribution < 1.29 is 19.1 Å². The van der Waals surface area contributed by atoms with Crippen LogP contribution in [0.15, 0.2) is 23.2 Å². The fraction of sp³-hybridized carbons (Fsp3) is 0.474. The summed E-state index contributed by atoms with van der Waals surface area (Å²) in [5.41, 5.74) is 1.59. The van der Waals surface area contributed by atoms with Gasteiger partial charge in [-0.3, -0.25) is 9.59 Å². The van der Waals surface area contributed by atoms with Crippen LogP contribution in [0.25, 0.3) is 0 Å². The molecule has 0 radical (unpaired) electrons. The molecule has 1 heterocycles. The van der Waals surface area contributed by atoms with Gasteiger partial charge in [0.25, 0.3) is 5.91 Å². The molecule has 0 aromatic heterocycles. The monoisotopic (exact) mass is 413 g/mol. The summed E-state index contributed by atoms with van der Waals surface area (Å²) >= 11 is 3.47. The maximum atomic E-state index is 12.4. The first-order valence-electron chi connectivity index (χ1n) is 8.14. The predicted octanol–water partition coefficient (Wildman–Crippen LogP) is 4.44. The van der Waals surface area contributed by atoms with Crippen LogP contribution >= 0.6 is 15.9 Å². The van der Waals surface area contributed by atoms with Crippen molar-refractivity contribution in [3.8, 4) is 11.5 Å². The maximum absolute atomic E-state index is 12.4. The van der Waals surface area contributed by atoms with Gasteiger partial charge in [0.05, 0.1) is 12.7 Å². The van der Waals surface area contributed by atoms with Crippen molar-refractivity contribution in [2.45, 2.75) is 39.7 Å². The van der Waals surface area contributed by atoms with E-state index in [4.69, 9.17) is 14.3 Å². The molecule has 1 aromatic carbocycles. The van der Waals surface area contributed by atoms with Gasteiger partial charge in [-0.15, -0.1) is 0 Å². The first-order valence-corrected chi connectivity index (χ1v) is 8.94. The second kappa shape index (κ2) is 10.9. The van der Waals surface area contributed by atoms with E-state index in [1.165, 1.54) is 6.08 Å². The second-order valence-electron chi connectivity index (χ2n) is 5.36. The number of fused-ring (bicyclic) bond motifs is 1. The zero-order valence-electron chi connectivity index (χ0n) is 16.1. The highest BCUT2D eigenvalue weighted by molar-refractivity contribution is 9.10. The Morgan fingerprint density at radius 1 is 1.36 bits per heavy atom. The summed E-state index contributed by atoms with van der Waals surface area (Å²) in [7, 11) is 5.09. The Morgan fingerprint density at radius 3 is 2.28 bits per heavy atom. The van der Waals surface area contributed by atoms with Crippen LogP contribution < -0.4 is 9.47 Å². The van der Waals surface area contributed by atoms with Crippen LogP contribution in [-0.2, 0) is 4.79 Å². The van der Waals surface area contributed by atoms with E-state index in [-0.39, 0.29) is 17.9 Å². The summed E-state index contributed by atoms with van der Waals surface area (Å²) in [4.78, 5) is 23.0. The third kappa shape index (κ3) is 5.33. The van der Waals surface area contributed by atoms with Gasteiger partial charge in [0.1, 0.15) is 12.4 Å². The number of aldehydes is 1. The molecule has 5 nitrogen and oxygen atoms in total. The lowest BCUT2D eigenvalue weighted by Crippen LogP contribution is -2.24. The molecule has 1 unspecified atom stereocenters. The fourth-order valence-electron chi connectivity index (χ4n) is 2.30. The average molecular weight is 414 g/mol. The molecule has 0 saturated carbocycles. The summed E-state index contributed by atoms with van der Waals surface area (Å²) in [6, 6.07) is 1.79. The summed E-state index contributed by atoms with van der Waals surface area (Å²) in [5, 5.41) is 0. The number of amides is 1. The van der Waals surface area contributed by atoms with E-state index in [0.717, 1.165) is 10.0 Å². The van der Waals surface area contributed by atoms with Crippen molar-refractivity contribution in [3.05, 3.63) is 34.3 Å². The third-order valence-corrected chi connectivity index (χ3v) is 4.26. The van der Waals surface area contributed by atoms with Gasteiger partial charge in [0.15, 0.2) is 11.5 Å². The van der Waals surface area contributed by atoms with Crippen molar-refractivity contribution in [1.29, 1.82) is 0 Å². The van der Waals surface area contributed by atoms with Crippen molar-refractivity contribution in [3.63, 3.8) is 0 Å². The zero-order chi connectivity index (χ0) is 19.7. The van der Waals surface area contributed by atoms with Crippen LogP contribution in [0, 0.1) is 0 Å². The van der Waals surface area contributed by atoms with E-state index < -0.39 is 0 Å². The zero-order valence-corrected chi connectivity index (χ0v) is 17.6. The van der Waals surface area contributed by atoms with Gasteiger partial charge < -0.3 is 14.4 Å². The summed E-state index contributed by atoms with van der Waals surface area (Å²) in [6.07, 6.45) is 1.87. The lowest BCUT2D eigenvalue weighted by atomic mass is 9.92. The first kappa shape index (κ1) is 23.2. The van der Waals surface area contributed by atoms with Crippen molar-refractivity contribution in [2.75, 3.05) is 21.2 Å². The van der Waals surface area contributed by atoms with Crippen LogP contribution in [-0.4, -0.2) is 44.4 Å². The Labute approximate surface area is 159 Å². The number of hydrogen-bond acceptors (Lipinski definition) is 4. The number of rotatable bonds is 3. The highest BCUT2D eigenvalue weighted by atomic mass is 79.9. The topological polar surface area (TPSA) is 55.8 Å². The molecule has 140 valence electrons. The maximum Gasteiger partial charge on any atom is 0.254 e. The standard InChI is InChI=1S/C14H18BrNO3.C3H4O.C2H6/c1-7-8(2)19-13-10(18-5)6-9(15)12(11(7)13)14(17)16(3)4;1-2-3-4;1-2/h6-8H,1-5H3;2-3H,1H2;1-2H3/t7?,8-;;/m0../s1. The molecule has 2 rings (SSSR count). The summed E-state index contributed by atoms with van der Waals surface area (Å²) in [6.45, 7) is 11.2. The number of carbonyl (C=O) groups is 2. The van der Waals surface area contributed by atoms with Gasteiger partial charge in [0, 0.05) is 30.0 Å². The van der Waals surface area contributed by atoms with E-state index in [9.17, 15) is 4.79 Å². The Morgan fingerprint density at radius 2 is 1.88 bits per heavy atom. The molecule has 1 aliphatic heterocycles. The normalized spacial score (nSPS) is 16.8. The number of allylic oxidation sites excluding steroid dienone is 1. The van der Waals surface area contributed by atoms with E-state index in [1.807, 2.05) is 20.8 Å². The van der Waals surface area contributed by atoms with Crippen molar-refractivity contribution in [1.82, 2.24) is 4.90 Å². The number of nitrogens with zero attached hydrogens (tertiary/aromatic N) is 1. The minimum absolute atomic E-state index is 0.0321. The molecule has 1 aromatic rings. The van der Waals surface area contributed by atoms with E-state index in [2.05, 4.69) is 29.4 Å². The highest BCUT2D eigenvalue weighted by Gasteiger charge is 2.36. The van der Waals surface area contributed by atoms with Gasteiger partial charge >= 0.3 is 0 Å². The third-order valence-electron chi connectivity index (χ3n) is 3.63. The first-order chi connectivity index (χ1) is 11.8. The van der Waals surface area contributed by atoms with Gasteiger partial charge in [0.2, 0.25) is 0 Å². The minimum Gasteiger partial charge on any atom is -0.493 e. The SMILES string of the molecule is C=CC=O.CC.COc1cc(Br)c(C(=O)N(C)C)c2c1O[C@@H](C)C2C. The average Bonchev–Trinajstić information content (AvgIpc) is 2.91. The highest BCUT2D eigenvalue weighted by Crippen LogP contribution is 2.48. The Balaban J connectivity index is 0.000000845. The minimum atomic E-state index is -0.0321. The second-order valence-corrected chi connectivity index (χ2v) is 6.22. The number of carbonyl (C=O) groups excluding carboxylic acids is 2. The molecule has 0 bridgehead atoms. The number of ether oxygens (including phenoxy) is 2. The molecular weight excluding hydrogens is 386 g/mol. The van der Waals surface area contributed by atoms with Crippen LogP contribution in [0.2, 0.25) is 0 Å². The molecule has 1 amide bonds.